The summed E-state index contributed by atoms with van der Waals surface area (Å²) in [5, 5.41) is 0. The molecular formula is C17H28N2O2S. The quantitative estimate of drug-likeness (QED) is 0.803. The van der Waals surface area contributed by atoms with Crippen LogP contribution in [-0.2, 0) is 16.4 Å². The van der Waals surface area contributed by atoms with E-state index in [2.05, 4.69) is 54.1 Å². The first kappa shape index (κ1) is 17.4. The van der Waals surface area contributed by atoms with E-state index in [1.807, 2.05) is 0 Å². The summed E-state index contributed by atoms with van der Waals surface area (Å²) in [5.41, 5.74) is 1.36. The molecule has 124 valence electrons. The summed E-state index contributed by atoms with van der Waals surface area (Å²) in [4.78, 5) is 4.74. The van der Waals surface area contributed by atoms with E-state index in [4.69, 9.17) is 0 Å². The van der Waals surface area contributed by atoms with E-state index in [0.717, 1.165) is 25.9 Å². The van der Waals surface area contributed by atoms with Crippen molar-refractivity contribution in [1.29, 1.82) is 0 Å². The Morgan fingerprint density at radius 2 is 1.95 bits per heavy atom. The van der Waals surface area contributed by atoms with Gasteiger partial charge in [-0.25, -0.2) is 8.42 Å². The van der Waals surface area contributed by atoms with Gasteiger partial charge in [0.15, 0.2) is 0 Å². The number of likely N-dealkylation sites (tertiary alicyclic amines) is 1. The van der Waals surface area contributed by atoms with Crippen molar-refractivity contribution in [2.24, 2.45) is 0 Å². The Morgan fingerprint density at radius 1 is 1.27 bits per heavy atom. The molecule has 0 spiro atoms. The van der Waals surface area contributed by atoms with Crippen molar-refractivity contribution >= 4 is 9.84 Å². The van der Waals surface area contributed by atoms with E-state index in [1.54, 1.807) is 0 Å². The Bertz CT molecular complexity index is 559. The molecule has 0 aliphatic carbocycles. The topological polar surface area (TPSA) is 40.6 Å². The highest BCUT2D eigenvalue weighted by molar-refractivity contribution is 7.90. The largest absolute Gasteiger partial charge is 0.302 e. The predicted molar refractivity (Wildman–Crippen MR) is 91.7 cm³/mol. The molecule has 0 radical (unpaired) electrons. The lowest BCUT2D eigenvalue weighted by Gasteiger charge is -2.41. The molecule has 22 heavy (non-hydrogen) atoms. The molecule has 1 aliphatic rings. The summed E-state index contributed by atoms with van der Waals surface area (Å²) in [6.07, 6.45) is 3.52. The number of rotatable bonds is 6. The first-order chi connectivity index (χ1) is 10.3. The zero-order chi connectivity index (χ0) is 16.2. The molecule has 2 rings (SSSR count). The number of hydrogen-bond donors (Lipinski definition) is 0. The third-order valence-electron chi connectivity index (χ3n) is 4.65. The SMILES string of the molecule is C[C@H]1C[C@@H](N(C)CCS(C)(=O)=O)CCN1Cc1ccccc1. The van der Waals surface area contributed by atoms with Crippen LogP contribution in [0.5, 0.6) is 0 Å². The Kier molecular flexibility index (Phi) is 6.01. The van der Waals surface area contributed by atoms with Crippen LogP contribution in [0.2, 0.25) is 0 Å². The van der Waals surface area contributed by atoms with E-state index >= 15 is 0 Å². The van der Waals surface area contributed by atoms with Gasteiger partial charge in [-0.1, -0.05) is 30.3 Å². The van der Waals surface area contributed by atoms with Crippen LogP contribution in [0, 0.1) is 0 Å². The van der Waals surface area contributed by atoms with Crippen molar-refractivity contribution in [3.63, 3.8) is 0 Å². The van der Waals surface area contributed by atoms with E-state index in [1.165, 1.54) is 11.8 Å². The Hall–Kier alpha value is -0.910. The maximum atomic E-state index is 11.3. The van der Waals surface area contributed by atoms with E-state index in [9.17, 15) is 8.42 Å². The van der Waals surface area contributed by atoms with Crippen molar-refractivity contribution in [3.8, 4) is 0 Å². The number of nitrogens with zero attached hydrogens (tertiary/aromatic N) is 2. The monoisotopic (exact) mass is 324 g/mol. The molecule has 0 N–H and O–H groups in total. The minimum absolute atomic E-state index is 0.252. The number of piperidine rings is 1. The van der Waals surface area contributed by atoms with Gasteiger partial charge >= 0.3 is 0 Å². The number of hydrogen-bond acceptors (Lipinski definition) is 4. The van der Waals surface area contributed by atoms with Crippen LogP contribution in [0.25, 0.3) is 0 Å². The molecule has 1 aromatic carbocycles. The van der Waals surface area contributed by atoms with Crippen LogP contribution in [0.15, 0.2) is 30.3 Å². The van der Waals surface area contributed by atoms with Crippen molar-refractivity contribution in [3.05, 3.63) is 35.9 Å². The van der Waals surface area contributed by atoms with Crippen LogP contribution in [0.4, 0.5) is 0 Å². The lowest BCUT2D eigenvalue weighted by Crippen LogP contribution is -2.48. The maximum Gasteiger partial charge on any atom is 0.148 e. The first-order valence-electron chi connectivity index (χ1n) is 8.01. The van der Waals surface area contributed by atoms with Gasteiger partial charge in [0.25, 0.3) is 0 Å². The first-order valence-corrected chi connectivity index (χ1v) is 10.1. The second-order valence-corrected chi connectivity index (χ2v) is 8.85. The van der Waals surface area contributed by atoms with Gasteiger partial charge in [0.1, 0.15) is 9.84 Å². The highest BCUT2D eigenvalue weighted by Gasteiger charge is 2.27. The molecule has 0 unspecified atom stereocenters. The summed E-state index contributed by atoms with van der Waals surface area (Å²) >= 11 is 0. The molecule has 1 aromatic rings. The summed E-state index contributed by atoms with van der Waals surface area (Å²) in [6, 6.07) is 11.6. The molecule has 4 nitrogen and oxygen atoms in total. The zero-order valence-electron chi connectivity index (χ0n) is 13.9. The predicted octanol–water partition coefficient (Wildman–Crippen LogP) is 2.02. The molecule has 1 heterocycles. The lowest BCUT2D eigenvalue weighted by atomic mass is 9.96. The molecule has 0 aromatic heterocycles. The van der Waals surface area contributed by atoms with Crippen molar-refractivity contribution in [1.82, 2.24) is 9.80 Å². The van der Waals surface area contributed by atoms with Gasteiger partial charge in [-0.3, -0.25) is 4.90 Å². The summed E-state index contributed by atoms with van der Waals surface area (Å²) in [7, 11) is -0.824. The third-order valence-corrected chi connectivity index (χ3v) is 5.58. The molecule has 1 fully saturated rings. The molecule has 5 heteroatoms. The third kappa shape index (κ3) is 5.38. The van der Waals surface area contributed by atoms with E-state index < -0.39 is 9.84 Å². The van der Waals surface area contributed by atoms with E-state index in [-0.39, 0.29) is 5.75 Å². The number of sulfone groups is 1. The average molecular weight is 324 g/mol. The average Bonchev–Trinajstić information content (AvgIpc) is 2.47. The molecule has 1 aliphatic heterocycles. The van der Waals surface area contributed by atoms with E-state index in [0.29, 0.717) is 18.6 Å². The van der Waals surface area contributed by atoms with Crippen molar-refractivity contribution < 1.29 is 8.42 Å². The van der Waals surface area contributed by atoms with Gasteiger partial charge in [-0.2, -0.15) is 0 Å². The Labute approximate surface area is 135 Å². The van der Waals surface area contributed by atoms with Gasteiger partial charge < -0.3 is 4.90 Å². The smallest absolute Gasteiger partial charge is 0.148 e. The highest BCUT2D eigenvalue weighted by Crippen LogP contribution is 2.22. The summed E-state index contributed by atoms with van der Waals surface area (Å²) in [5.74, 6) is 0.252. The van der Waals surface area contributed by atoms with Crippen LogP contribution >= 0.6 is 0 Å². The van der Waals surface area contributed by atoms with Gasteiger partial charge in [0.05, 0.1) is 5.75 Å². The van der Waals surface area contributed by atoms with Crippen LogP contribution in [0.3, 0.4) is 0 Å². The molecule has 1 saturated heterocycles. The Balaban J connectivity index is 1.84. The summed E-state index contributed by atoms with van der Waals surface area (Å²) in [6.45, 7) is 4.99. The normalized spacial score (nSPS) is 23.8. The van der Waals surface area contributed by atoms with Gasteiger partial charge in [-0.05, 0) is 32.4 Å². The van der Waals surface area contributed by atoms with Gasteiger partial charge in [-0.15, -0.1) is 0 Å². The van der Waals surface area contributed by atoms with Gasteiger partial charge in [0, 0.05) is 38.0 Å². The molecular weight excluding hydrogens is 296 g/mol. The zero-order valence-corrected chi connectivity index (χ0v) is 14.7. The maximum absolute atomic E-state index is 11.3. The molecule has 2 atom stereocenters. The fourth-order valence-corrected chi connectivity index (χ4v) is 3.76. The molecule has 0 amide bonds. The highest BCUT2D eigenvalue weighted by atomic mass is 32.2. The molecule has 0 saturated carbocycles. The Morgan fingerprint density at radius 3 is 2.55 bits per heavy atom. The second-order valence-electron chi connectivity index (χ2n) is 6.59. The second kappa shape index (κ2) is 7.57. The van der Waals surface area contributed by atoms with Gasteiger partial charge in [0.2, 0.25) is 0 Å². The minimum Gasteiger partial charge on any atom is -0.302 e. The van der Waals surface area contributed by atoms with Crippen LogP contribution in [0.1, 0.15) is 25.3 Å². The fourth-order valence-electron chi connectivity index (χ4n) is 3.14. The fraction of sp³-hybridized carbons (Fsp3) is 0.647. The minimum atomic E-state index is -2.87. The molecule has 0 bridgehead atoms. The summed E-state index contributed by atoms with van der Waals surface area (Å²) < 4.78 is 22.6. The van der Waals surface area contributed by atoms with Crippen molar-refractivity contribution in [2.45, 2.75) is 38.4 Å². The van der Waals surface area contributed by atoms with Crippen molar-refractivity contribution in [2.75, 3.05) is 32.1 Å². The van der Waals surface area contributed by atoms with Crippen LogP contribution < -0.4 is 0 Å². The number of benzene rings is 1. The standard InChI is InChI=1S/C17H28N2O2S/c1-15-13-17(18(2)11-12-22(3,20)21)9-10-19(15)14-16-7-5-4-6-8-16/h4-8,15,17H,9-14H2,1-3H3/t15-,17-/m0/s1. The lowest BCUT2D eigenvalue weighted by molar-refractivity contribution is 0.0832. The van der Waals surface area contributed by atoms with Crippen LogP contribution in [-0.4, -0.2) is 62.4 Å².